The highest BCUT2D eigenvalue weighted by atomic mass is 16.4. The molecule has 0 radical (unpaired) electrons. The normalized spacial score (nSPS) is 18.2. The van der Waals surface area contributed by atoms with Gasteiger partial charge in [-0.05, 0) is 31.2 Å². The van der Waals surface area contributed by atoms with Crippen molar-refractivity contribution < 1.29 is 19.5 Å². The fourth-order valence-corrected chi connectivity index (χ4v) is 2.26. The maximum absolute atomic E-state index is 11.8. The summed E-state index contributed by atoms with van der Waals surface area (Å²) in [5.41, 5.74) is 10.4. The van der Waals surface area contributed by atoms with Crippen LogP contribution in [0.25, 0.3) is 0 Å². The van der Waals surface area contributed by atoms with Crippen molar-refractivity contribution in [2.24, 2.45) is 16.9 Å². The average Bonchev–Trinajstić information content (AvgIpc) is 2.28. The molecule has 2 amide bonds. The van der Waals surface area contributed by atoms with E-state index in [1.165, 1.54) is 0 Å². The largest absolute Gasteiger partial charge is 0.480 e. The standard InChI is InChI=1S/C12H21N3O4/c13-7-12(4-1-5-12)6-10(17)15-8(11(18)19)2-3-9(14)16/h8H,1-7,13H2,(H2,14,16)(H,15,17)(H,18,19)/t8-/m0/s1. The van der Waals surface area contributed by atoms with Crippen LogP contribution in [0.3, 0.4) is 0 Å². The number of carbonyl (C=O) groups excluding carboxylic acids is 2. The minimum Gasteiger partial charge on any atom is -0.480 e. The number of aliphatic carboxylic acids is 1. The highest BCUT2D eigenvalue weighted by Gasteiger charge is 2.38. The van der Waals surface area contributed by atoms with Gasteiger partial charge in [0.1, 0.15) is 6.04 Å². The van der Waals surface area contributed by atoms with Crippen LogP contribution in [-0.4, -0.2) is 35.5 Å². The van der Waals surface area contributed by atoms with Crippen molar-refractivity contribution in [1.29, 1.82) is 0 Å². The van der Waals surface area contributed by atoms with E-state index < -0.39 is 17.9 Å². The van der Waals surface area contributed by atoms with E-state index in [1.54, 1.807) is 0 Å². The van der Waals surface area contributed by atoms with Gasteiger partial charge in [0.05, 0.1) is 0 Å². The smallest absolute Gasteiger partial charge is 0.326 e. The maximum atomic E-state index is 11.8. The van der Waals surface area contributed by atoms with Crippen molar-refractivity contribution in [3.05, 3.63) is 0 Å². The third kappa shape index (κ3) is 4.51. The Bertz CT molecular complexity index is 360. The third-order valence-corrected chi connectivity index (χ3v) is 3.70. The van der Waals surface area contributed by atoms with Crippen LogP contribution in [0.2, 0.25) is 0 Å². The molecule has 0 aliphatic heterocycles. The van der Waals surface area contributed by atoms with Gasteiger partial charge in [0.15, 0.2) is 0 Å². The van der Waals surface area contributed by atoms with E-state index in [-0.39, 0.29) is 30.6 Å². The highest BCUT2D eigenvalue weighted by molar-refractivity contribution is 5.84. The van der Waals surface area contributed by atoms with E-state index >= 15 is 0 Å². The number of rotatable bonds is 8. The van der Waals surface area contributed by atoms with Crippen LogP contribution in [0, 0.1) is 5.41 Å². The molecule has 1 aliphatic carbocycles. The monoisotopic (exact) mass is 271 g/mol. The fraction of sp³-hybridized carbons (Fsp3) is 0.750. The Morgan fingerprint density at radius 2 is 1.95 bits per heavy atom. The zero-order valence-electron chi connectivity index (χ0n) is 10.9. The van der Waals surface area contributed by atoms with Crippen LogP contribution in [0.4, 0.5) is 0 Å². The molecule has 0 aromatic heterocycles. The van der Waals surface area contributed by atoms with Crippen molar-refractivity contribution in [3.8, 4) is 0 Å². The van der Waals surface area contributed by atoms with Crippen LogP contribution in [0.15, 0.2) is 0 Å². The number of carbonyl (C=O) groups is 3. The van der Waals surface area contributed by atoms with Crippen molar-refractivity contribution in [2.45, 2.75) is 44.6 Å². The molecule has 0 aromatic carbocycles. The first-order chi connectivity index (χ1) is 8.88. The van der Waals surface area contributed by atoms with E-state index in [0.29, 0.717) is 6.54 Å². The number of amides is 2. The zero-order chi connectivity index (χ0) is 14.5. The Kier molecular flexibility index (Phi) is 5.29. The molecule has 1 rings (SSSR count). The summed E-state index contributed by atoms with van der Waals surface area (Å²) in [6.07, 6.45) is 3.02. The predicted octanol–water partition coefficient (Wildman–Crippen LogP) is -0.660. The summed E-state index contributed by atoms with van der Waals surface area (Å²) in [5.74, 6) is -2.08. The van der Waals surface area contributed by atoms with Gasteiger partial charge in [-0.15, -0.1) is 0 Å². The molecule has 19 heavy (non-hydrogen) atoms. The van der Waals surface area contributed by atoms with Gasteiger partial charge in [-0.3, -0.25) is 9.59 Å². The summed E-state index contributed by atoms with van der Waals surface area (Å²) < 4.78 is 0. The summed E-state index contributed by atoms with van der Waals surface area (Å²) in [6.45, 7) is 0.430. The highest BCUT2D eigenvalue weighted by Crippen LogP contribution is 2.42. The van der Waals surface area contributed by atoms with Gasteiger partial charge < -0.3 is 21.9 Å². The molecule has 0 spiro atoms. The van der Waals surface area contributed by atoms with Crippen molar-refractivity contribution >= 4 is 17.8 Å². The van der Waals surface area contributed by atoms with Crippen LogP contribution < -0.4 is 16.8 Å². The van der Waals surface area contributed by atoms with E-state index in [4.69, 9.17) is 16.6 Å². The van der Waals surface area contributed by atoms with Gasteiger partial charge in [0.2, 0.25) is 11.8 Å². The number of primary amides is 1. The van der Waals surface area contributed by atoms with E-state index in [0.717, 1.165) is 19.3 Å². The van der Waals surface area contributed by atoms with Gasteiger partial charge in [-0.1, -0.05) is 6.42 Å². The second kappa shape index (κ2) is 6.51. The van der Waals surface area contributed by atoms with Crippen molar-refractivity contribution in [2.75, 3.05) is 6.54 Å². The maximum Gasteiger partial charge on any atom is 0.326 e. The van der Waals surface area contributed by atoms with E-state index in [1.807, 2.05) is 0 Å². The summed E-state index contributed by atoms with van der Waals surface area (Å²) in [5, 5.41) is 11.4. The summed E-state index contributed by atoms with van der Waals surface area (Å²) in [4.78, 5) is 33.4. The Morgan fingerprint density at radius 1 is 1.32 bits per heavy atom. The lowest BCUT2D eigenvalue weighted by Crippen LogP contribution is -2.46. The molecule has 0 unspecified atom stereocenters. The molecule has 0 bridgehead atoms. The Hall–Kier alpha value is -1.63. The Balaban J connectivity index is 2.47. The molecule has 0 heterocycles. The molecule has 7 nitrogen and oxygen atoms in total. The van der Waals surface area contributed by atoms with Crippen LogP contribution >= 0.6 is 0 Å². The molecule has 0 aromatic rings. The second-order valence-corrected chi connectivity index (χ2v) is 5.20. The van der Waals surface area contributed by atoms with Crippen molar-refractivity contribution in [1.82, 2.24) is 5.32 Å². The quantitative estimate of drug-likeness (QED) is 0.464. The van der Waals surface area contributed by atoms with Gasteiger partial charge >= 0.3 is 5.97 Å². The summed E-state index contributed by atoms with van der Waals surface area (Å²) in [7, 11) is 0. The molecule has 1 aliphatic rings. The minimum absolute atomic E-state index is 0.00598. The van der Waals surface area contributed by atoms with Crippen LogP contribution in [0.1, 0.15) is 38.5 Å². The molecule has 1 atom stereocenters. The Morgan fingerprint density at radius 3 is 2.32 bits per heavy atom. The van der Waals surface area contributed by atoms with Gasteiger partial charge in [0, 0.05) is 12.8 Å². The number of nitrogens with two attached hydrogens (primary N) is 2. The van der Waals surface area contributed by atoms with E-state index in [2.05, 4.69) is 5.32 Å². The number of carboxylic acids is 1. The van der Waals surface area contributed by atoms with E-state index in [9.17, 15) is 14.4 Å². The summed E-state index contributed by atoms with van der Waals surface area (Å²) in [6, 6.07) is -1.07. The topological polar surface area (TPSA) is 136 Å². The number of hydrogen-bond donors (Lipinski definition) is 4. The molecule has 6 N–H and O–H groups in total. The second-order valence-electron chi connectivity index (χ2n) is 5.20. The van der Waals surface area contributed by atoms with Gasteiger partial charge in [-0.25, -0.2) is 4.79 Å². The van der Waals surface area contributed by atoms with Gasteiger partial charge in [0.25, 0.3) is 0 Å². The van der Waals surface area contributed by atoms with Gasteiger partial charge in [-0.2, -0.15) is 0 Å². The predicted molar refractivity (Wildman–Crippen MR) is 68.0 cm³/mol. The SMILES string of the molecule is NCC1(CC(=O)N[C@@H](CCC(N)=O)C(=O)O)CCC1. The van der Waals surface area contributed by atoms with Crippen LogP contribution in [-0.2, 0) is 14.4 Å². The molecular weight excluding hydrogens is 250 g/mol. The minimum atomic E-state index is -1.16. The lowest BCUT2D eigenvalue weighted by molar-refractivity contribution is -0.142. The number of nitrogens with one attached hydrogen (secondary N) is 1. The molecule has 1 fully saturated rings. The molecule has 1 saturated carbocycles. The first-order valence-corrected chi connectivity index (χ1v) is 6.39. The molecule has 7 heteroatoms. The summed E-state index contributed by atoms with van der Waals surface area (Å²) >= 11 is 0. The first-order valence-electron chi connectivity index (χ1n) is 6.39. The zero-order valence-corrected chi connectivity index (χ0v) is 10.9. The third-order valence-electron chi connectivity index (χ3n) is 3.70. The molecular formula is C12H21N3O4. The lowest BCUT2D eigenvalue weighted by Gasteiger charge is -2.40. The lowest BCUT2D eigenvalue weighted by atomic mass is 9.66. The fourth-order valence-electron chi connectivity index (χ4n) is 2.26. The van der Waals surface area contributed by atoms with Crippen LogP contribution in [0.5, 0.6) is 0 Å². The average molecular weight is 271 g/mol. The number of carboxylic acid groups (broad SMARTS) is 1. The van der Waals surface area contributed by atoms with Crippen molar-refractivity contribution in [3.63, 3.8) is 0 Å². The molecule has 108 valence electrons. The molecule has 0 saturated heterocycles. The Labute approximate surface area is 111 Å². The first kappa shape index (κ1) is 15.4. The number of hydrogen-bond acceptors (Lipinski definition) is 4.